The summed E-state index contributed by atoms with van der Waals surface area (Å²) in [7, 11) is 3.51. The number of pyridine rings is 2. The van der Waals surface area contributed by atoms with Crippen LogP contribution in [0, 0.1) is 34.5 Å². The van der Waals surface area contributed by atoms with Crippen molar-refractivity contribution in [2.45, 2.75) is 76.6 Å². The van der Waals surface area contributed by atoms with Gasteiger partial charge >= 0.3 is 12.1 Å². The third-order valence-electron chi connectivity index (χ3n) is 11.4. The van der Waals surface area contributed by atoms with E-state index in [0.717, 1.165) is 63.8 Å². The number of carbonyl (C=O) groups excluding carboxylic acids is 2. The highest BCUT2D eigenvalue weighted by atomic mass is 16.5. The Kier molecular flexibility index (Phi) is 12.3. The zero-order valence-electron chi connectivity index (χ0n) is 30.0. The summed E-state index contributed by atoms with van der Waals surface area (Å²) < 4.78 is 13.8. The quantitative estimate of drug-likeness (QED) is 0.148. The number of nitrogens with one attached hydrogen (secondary N) is 2. The average molecular weight is 681 g/mol. The van der Waals surface area contributed by atoms with Gasteiger partial charge in [0.2, 0.25) is 0 Å². The highest BCUT2D eigenvalue weighted by Gasteiger charge is 2.41. The van der Waals surface area contributed by atoms with Gasteiger partial charge < -0.3 is 19.1 Å². The van der Waals surface area contributed by atoms with Crippen LogP contribution in [0.1, 0.15) is 51.4 Å². The minimum Gasteiger partial charge on any atom is -0.380 e. The van der Waals surface area contributed by atoms with Crippen LogP contribution < -0.4 is 11.0 Å². The van der Waals surface area contributed by atoms with E-state index in [0.29, 0.717) is 50.0 Å². The van der Waals surface area contributed by atoms with Gasteiger partial charge in [-0.1, -0.05) is 49.8 Å². The predicted octanol–water partition coefficient (Wildman–Crippen LogP) is 6.26. The molecule has 4 bridgehead atoms. The molecule has 2 aliphatic carbocycles. The van der Waals surface area contributed by atoms with Gasteiger partial charge in [0.1, 0.15) is 11.0 Å². The number of carbonyl (C=O) groups is 2. The number of nitrogens with zero attached hydrogens (tertiary/aromatic N) is 4. The van der Waals surface area contributed by atoms with Gasteiger partial charge in [-0.3, -0.25) is 20.0 Å². The van der Waals surface area contributed by atoms with E-state index in [1.165, 1.54) is 33.1 Å². The molecular formula is C38H54B2N6O4. The molecule has 6 rings (SSSR count). The van der Waals surface area contributed by atoms with Crippen molar-refractivity contribution in [3.63, 3.8) is 0 Å². The number of rotatable bonds is 13. The van der Waals surface area contributed by atoms with Gasteiger partial charge in [-0.05, 0) is 110 Å². The van der Waals surface area contributed by atoms with Crippen LogP contribution in [0.4, 0.5) is 9.59 Å². The van der Waals surface area contributed by atoms with Gasteiger partial charge in [0, 0.05) is 39.7 Å². The van der Waals surface area contributed by atoms with E-state index >= 15 is 0 Å². The Morgan fingerprint density at radius 2 is 1.14 bits per heavy atom. The second kappa shape index (κ2) is 17.1. The van der Waals surface area contributed by atoms with E-state index in [1.807, 2.05) is 12.1 Å². The number of ether oxygens (including phenoxy) is 2. The minimum atomic E-state index is -0.102. The summed E-state index contributed by atoms with van der Waals surface area (Å²) in [5, 5.41) is 16.8. The van der Waals surface area contributed by atoms with Crippen molar-refractivity contribution in [2.75, 3.05) is 40.5 Å². The molecule has 2 amide bonds. The second-order valence-electron chi connectivity index (χ2n) is 15.2. The zero-order valence-corrected chi connectivity index (χ0v) is 30.0. The SMILES string of the molecule is COCC1=CC2CB(N(CCCCCCN(B3CC4C=C(COC)CC(C3)C4)C(=O)n3ccccc3=N)C(=O)n3ccccc3=N)CC(C1)C2. The maximum Gasteiger partial charge on any atom is 0.317 e. The number of hydrogen-bond donors (Lipinski definition) is 2. The largest absolute Gasteiger partial charge is 0.380 e. The molecule has 2 aromatic rings. The van der Waals surface area contributed by atoms with Gasteiger partial charge in [-0.15, -0.1) is 0 Å². The van der Waals surface area contributed by atoms with Gasteiger partial charge in [0.25, 0.3) is 13.7 Å². The highest BCUT2D eigenvalue weighted by molar-refractivity contribution is 6.59. The van der Waals surface area contributed by atoms with Crippen molar-refractivity contribution in [1.82, 2.24) is 18.8 Å². The molecule has 50 heavy (non-hydrogen) atoms. The molecule has 2 aromatic heterocycles. The first-order chi connectivity index (χ1) is 24.3. The number of hydrogen-bond acceptors (Lipinski definition) is 6. The maximum absolute atomic E-state index is 14.0. The van der Waals surface area contributed by atoms with Crippen LogP contribution in [0.25, 0.3) is 0 Å². The molecular weight excluding hydrogens is 626 g/mol. The fourth-order valence-corrected chi connectivity index (χ4v) is 9.43. The summed E-state index contributed by atoms with van der Waals surface area (Å²) in [6.07, 6.45) is 20.2. The molecule has 0 spiro atoms. The van der Waals surface area contributed by atoms with Crippen LogP contribution in [0.2, 0.25) is 25.3 Å². The first-order valence-corrected chi connectivity index (χ1v) is 18.8. The molecule has 2 saturated heterocycles. The Balaban J connectivity index is 1.09. The number of aromatic nitrogens is 2. The van der Waals surface area contributed by atoms with Gasteiger partial charge in [-0.25, -0.2) is 9.59 Å². The third-order valence-corrected chi connectivity index (χ3v) is 11.4. The zero-order chi connectivity index (χ0) is 35.0. The topological polar surface area (TPSA) is 117 Å². The maximum atomic E-state index is 14.0. The number of amides is 2. The Morgan fingerprint density at radius 1 is 0.700 bits per heavy atom. The molecule has 2 aliphatic heterocycles. The number of methoxy groups -OCH3 is 2. The summed E-state index contributed by atoms with van der Waals surface area (Å²) in [4.78, 5) is 32.0. The fourth-order valence-electron chi connectivity index (χ4n) is 9.43. The molecule has 266 valence electrons. The molecule has 0 radical (unpaired) electrons. The van der Waals surface area contributed by atoms with Crippen LogP contribution in [0.15, 0.2) is 72.1 Å². The van der Waals surface area contributed by atoms with Gasteiger partial charge in [0.05, 0.1) is 13.2 Å². The van der Waals surface area contributed by atoms with Crippen molar-refractivity contribution >= 4 is 25.8 Å². The van der Waals surface area contributed by atoms with E-state index in [1.54, 1.807) is 50.9 Å². The lowest BCUT2D eigenvalue weighted by molar-refractivity contribution is 0.211. The van der Waals surface area contributed by atoms with Crippen LogP contribution >= 0.6 is 0 Å². The number of allylic oxidation sites excluding steroid dienone is 2. The van der Waals surface area contributed by atoms with Crippen molar-refractivity contribution < 1.29 is 19.1 Å². The van der Waals surface area contributed by atoms with Crippen LogP contribution in [-0.4, -0.2) is 85.0 Å². The van der Waals surface area contributed by atoms with Gasteiger partial charge in [-0.2, -0.15) is 0 Å². The molecule has 10 nitrogen and oxygen atoms in total. The van der Waals surface area contributed by atoms with E-state index in [4.69, 9.17) is 20.3 Å². The van der Waals surface area contributed by atoms with E-state index < -0.39 is 0 Å². The third kappa shape index (κ3) is 8.80. The second-order valence-corrected chi connectivity index (χ2v) is 15.2. The monoisotopic (exact) mass is 680 g/mol. The Hall–Kier alpha value is -3.63. The van der Waals surface area contributed by atoms with Crippen molar-refractivity contribution in [3.05, 3.63) is 83.1 Å². The molecule has 2 N–H and O–H groups in total. The molecule has 12 heteroatoms. The Bertz CT molecular complexity index is 1550. The Morgan fingerprint density at radius 3 is 1.52 bits per heavy atom. The first kappa shape index (κ1) is 36.2. The molecule has 2 fully saturated rings. The van der Waals surface area contributed by atoms with E-state index in [2.05, 4.69) is 21.8 Å². The summed E-state index contributed by atoms with van der Waals surface area (Å²) in [5.41, 5.74) is 3.18. The number of fused-ring (bicyclic) bond motifs is 4. The predicted molar refractivity (Wildman–Crippen MR) is 197 cm³/mol. The summed E-state index contributed by atoms with van der Waals surface area (Å²) in [5.74, 6) is 2.02. The lowest BCUT2D eigenvalue weighted by Gasteiger charge is -2.41. The van der Waals surface area contributed by atoms with Crippen LogP contribution in [-0.2, 0) is 9.47 Å². The lowest BCUT2D eigenvalue weighted by atomic mass is 9.43. The van der Waals surface area contributed by atoms with Crippen molar-refractivity contribution in [2.24, 2.45) is 23.7 Å². The minimum absolute atomic E-state index is 0.102. The molecule has 4 aliphatic rings. The molecule has 4 heterocycles. The first-order valence-electron chi connectivity index (χ1n) is 18.8. The summed E-state index contributed by atoms with van der Waals surface area (Å²) in [6, 6.07) is 10.4. The summed E-state index contributed by atoms with van der Waals surface area (Å²) in [6.45, 7) is 3.00. The molecule has 0 saturated carbocycles. The average Bonchev–Trinajstić information content (AvgIpc) is 3.09. The van der Waals surface area contributed by atoms with Crippen molar-refractivity contribution in [1.29, 1.82) is 10.8 Å². The van der Waals surface area contributed by atoms with E-state index in [9.17, 15) is 9.59 Å². The number of unbranched alkanes of at least 4 members (excludes halogenated alkanes) is 3. The molecule has 4 atom stereocenters. The van der Waals surface area contributed by atoms with Crippen molar-refractivity contribution in [3.8, 4) is 0 Å². The standard InChI is InChI=1S/C38H54B2N6O4/c1-49-27-33-19-29-17-30(20-33)24-39(23-29)45(37(47)43-13-9-5-11-35(43)41)15-7-3-4-8-16-46(38(48)44-14-10-6-12-36(44)42)40-25-31-18-32(26-40)22-34(21-31)28-50-2/h5-6,9-14,19,21,29-32,41-42H,3-4,7-8,15-18,20,22-28H2,1-2H3. The smallest absolute Gasteiger partial charge is 0.317 e. The van der Waals surface area contributed by atoms with E-state index in [-0.39, 0.29) is 36.7 Å². The summed E-state index contributed by atoms with van der Waals surface area (Å²) >= 11 is 0. The molecule has 4 unspecified atom stereocenters. The molecule has 0 aromatic carbocycles. The van der Waals surface area contributed by atoms with Crippen LogP contribution in [0.3, 0.4) is 0 Å². The normalized spacial score (nSPS) is 22.8. The lowest BCUT2D eigenvalue weighted by Crippen LogP contribution is -2.52. The Labute approximate surface area is 297 Å². The van der Waals surface area contributed by atoms with Gasteiger partial charge in [0.15, 0.2) is 0 Å². The highest BCUT2D eigenvalue weighted by Crippen LogP contribution is 2.42. The van der Waals surface area contributed by atoms with Crippen LogP contribution in [0.5, 0.6) is 0 Å². The fraction of sp³-hybridized carbons (Fsp3) is 0.579.